The Hall–Kier alpha value is -0.120. The van der Waals surface area contributed by atoms with Crippen LogP contribution in [-0.2, 0) is 4.74 Å². The summed E-state index contributed by atoms with van der Waals surface area (Å²) in [7, 11) is 3.98. The fourth-order valence-corrected chi connectivity index (χ4v) is 2.48. The quantitative estimate of drug-likeness (QED) is 0.688. The fourth-order valence-electron chi connectivity index (χ4n) is 2.48. The van der Waals surface area contributed by atoms with Crippen LogP contribution < -0.4 is 0 Å². The summed E-state index contributed by atoms with van der Waals surface area (Å²) < 4.78 is 5.12. The van der Waals surface area contributed by atoms with E-state index in [4.69, 9.17) is 4.74 Å². The SMILES string of the molecule is COCCN(C)[C@H]1C[C@H](C)N(C(C)C)C1. The average Bonchev–Trinajstić information content (AvgIpc) is 2.56. The van der Waals surface area contributed by atoms with Crippen molar-refractivity contribution in [2.24, 2.45) is 0 Å². The molecule has 0 bridgehead atoms. The van der Waals surface area contributed by atoms with E-state index in [-0.39, 0.29) is 0 Å². The minimum absolute atomic E-state index is 0.667. The fraction of sp³-hybridized carbons (Fsp3) is 1.00. The molecular formula is C12H26N2O. The maximum Gasteiger partial charge on any atom is 0.0589 e. The van der Waals surface area contributed by atoms with Gasteiger partial charge in [-0.1, -0.05) is 0 Å². The third-order valence-corrected chi connectivity index (χ3v) is 3.54. The lowest BCUT2D eigenvalue weighted by molar-refractivity contribution is 0.136. The van der Waals surface area contributed by atoms with E-state index in [2.05, 4.69) is 37.6 Å². The molecule has 0 saturated carbocycles. The monoisotopic (exact) mass is 214 g/mol. The van der Waals surface area contributed by atoms with E-state index in [9.17, 15) is 0 Å². The van der Waals surface area contributed by atoms with Gasteiger partial charge in [-0.15, -0.1) is 0 Å². The van der Waals surface area contributed by atoms with Gasteiger partial charge in [-0.25, -0.2) is 0 Å². The highest BCUT2D eigenvalue weighted by atomic mass is 16.5. The molecule has 0 aliphatic carbocycles. The third-order valence-electron chi connectivity index (χ3n) is 3.54. The number of nitrogens with zero attached hydrogens (tertiary/aromatic N) is 2. The predicted molar refractivity (Wildman–Crippen MR) is 64.2 cm³/mol. The number of methoxy groups -OCH3 is 1. The van der Waals surface area contributed by atoms with Crippen LogP contribution in [0.3, 0.4) is 0 Å². The van der Waals surface area contributed by atoms with Gasteiger partial charge in [-0.2, -0.15) is 0 Å². The molecule has 0 aromatic heterocycles. The normalized spacial score (nSPS) is 28.2. The predicted octanol–water partition coefficient (Wildman–Crippen LogP) is 1.44. The molecule has 0 N–H and O–H groups in total. The molecule has 0 aromatic carbocycles. The molecule has 3 heteroatoms. The molecule has 1 fully saturated rings. The Balaban J connectivity index is 2.39. The Morgan fingerprint density at radius 3 is 2.60 bits per heavy atom. The molecule has 1 aliphatic heterocycles. The first-order valence-corrected chi connectivity index (χ1v) is 6.01. The van der Waals surface area contributed by atoms with Crippen molar-refractivity contribution < 1.29 is 4.74 Å². The largest absolute Gasteiger partial charge is 0.383 e. The maximum absolute atomic E-state index is 5.12. The number of hydrogen-bond donors (Lipinski definition) is 0. The minimum Gasteiger partial charge on any atom is -0.383 e. The van der Waals surface area contributed by atoms with Crippen molar-refractivity contribution in [2.45, 2.75) is 45.3 Å². The van der Waals surface area contributed by atoms with E-state index in [0.717, 1.165) is 19.2 Å². The van der Waals surface area contributed by atoms with Gasteiger partial charge in [-0.3, -0.25) is 9.80 Å². The second-order valence-electron chi connectivity index (χ2n) is 5.00. The number of hydrogen-bond acceptors (Lipinski definition) is 3. The average molecular weight is 214 g/mol. The highest BCUT2D eigenvalue weighted by Crippen LogP contribution is 2.22. The standard InChI is InChI=1S/C12H26N2O/c1-10(2)14-9-12(8-11(14)3)13(4)6-7-15-5/h10-12H,6-9H2,1-5H3/t11-,12-/m0/s1. The van der Waals surface area contributed by atoms with Crippen LogP contribution in [0.2, 0.25) is 0 Å². The van der Waals surface area contributed by atoms with Gasteiger partial charge in [0, 0.05) is 38.3 Å². The minimum atomic E-state index is 0.667. The molecule has 0 aromatic rings. The molecule has 1 aliphatic rings. The van der Waals surface area contributed by atoms with E-state index in [1.54, 1.807) is 7.11 Å². The molecular weight excluding hydrogens is 188 g/mol. The molecule has 1 heterocycles. The first-order valence-electron chi connectivity index (χ1n) is 6.01. The molecule has 1 rings (SSSR count). The van der Waals surface area contributed by atoms with Crippen LogP contribution in [0.25, 0.3) is 0 Å². The van der Waals surface area contributed by atoms with Crippen molar-refractivity contribution in [1.29, 1.82) is 0 Å². The van der Waals surface area contributed by atoms with Gasteiger partial charge in [0.25, 0.3) is 0 Å². The Morgan fingerprint density at radius 1 is 1.47 bits per heavy atom. The Morgan fingerprint density at radius 2 is 2.13 bits per heavy atom. The van der Waals surface area contributed by atoms with Crippen LogP contribution >= 0.6 is 0 Å². The van der Waals surface area contributed by atoms with Crippen molar-refractivity contribution in [3.8, 4) is 0 Å². The molecule has 2 atom stereocenters. The summed E-state index contributed by atoms with van der Waals surface area (Å²) in [5.74, 6) is 0. The summed E-state index contributed by atoms with van der Waals surface area (Å²) in [6.45, 7) is 9.99. The Bertz CT molecular complexity index is 184. The van der Waals surface area contributed by atoms with Crippen molar-refractivity contribution in [3.05, 3.63) is 0 Å². The molecule has 0 unspecified atom stereocenters. The summed E-state index contributed by atoms with van der Waals surface area (Å²) in [6, 6.07) is 2.10. The van der Waals surface area contributed by atoms with Crippen molar-refractivity contribution in [3.63, 3.8) is 0 Å². The smallest absolute Gasteiger partial charge is 0.0589 e. The number of likely N-dealkylation sites (N-methyl/N-ethyl adjacent to an activating group) is 1. The third kappa shape index (κ3) is 3.44. The van der Waals surface area contributed by atoms with Gasteiger partial charge in [-0.05, 0) is 34.2 Å². The van der Waals surface area contributed by atoms with Gasteiger partial charge in [0.2, 0.25) is 0 Å². The first kappa shape index (κ1) is 12.9. The van der Waals surface area contributed by atoms with E-state index >= 15 is 0 Å². The van der Waals surface area contributed by atoms with Crippen LogP contribution in [0, 0.1) is 0 Å². The zero-order valence-electron chi connectivity index (χ0n) is 10.9. The molecule has 0 amide bonds. The van der Waals surface area contributed by atoms with Crippen LogP contribution in [0.4, 0.5) is 0 Å². The van der Waals surface area contributed by atoms with Crippen LogP contribution in [-0.4, -0.2) is 61.8 Å². The Labute approximate surface area is 94.4 Å². The van der Waals surface area contributed by atoms with Crippen molar-refractivity contribution >= 4 is 0 Å². The van der Waals surface area contributed by atoms with Gasteiger partial charge in [0.05, 0.1) is 6.61 Å². The van der Waals surface area contributed by atoms with Gasteiger partial charge >= 0.3 is 0 Å². The molecule has 15 heavy (non-hydrogen) atoms. The lowest BCUT2D eigenvalue weighted by Gasteiger charge is -2.26. The van der Waals surface area contributed by atoms with E-state index in [1.807, 2.05) is 0 Å². The zero-order chi connectivity index (χ0) is 11.4. The number of ether oxygens (including phenoxy) is 1. The highest BCUT2D eigenvalue weighted by molar-refractivity contribution is 4.89. The summed E-state index contributed by atoms with van der Waals surface area (Å²) in [6.07, 6.45) is 1.29. The summed E-state index contributed by atoms with van der Waals surface area (Å²) in [4.78, 5) is 5.02. The Kier molecular flexibility index (Phi) is 5.03. The second-order valence-corrected chi connectivity index (χ2v) is 5.00. The van der Waals surface area contributed by atoms with E-state index in [0.29, 0.717) is 12.1 Å². The van der Waals surface area contributed by atoms with Crippen LogP contribution in [0.1, 0.15) is 27.2 Å². The summed E-state index contributed by atoms with van der Waals surface area (Å²) in [5.41, 5.74) is 0. The molecule has 3 nitrogen and oxygen atoms in total. The second kappa shape index (κ2) is 5.83. The lowest BCUT2D eigenvalue weighted by atomic mass is 10.1. The molecule has 0 spiro atoms. The lowest BCUT2D eigenvalue weighted by Crippen LogP contribution is -2.38. The summed E-state index contributed by atoms with van der Waals surface area (Å²) >= 11 is 0. The van der Waals surface area contributed by atoms with Gasteiger partial charge < -0.3 is 4.74 Å². The van der Waals surface area contributed by atoms with E-state index < -0.39 is 0 Å². The van der Waals surface area contributed by atoms with Crippen LogP contribution in [0.5, 0.6) is 0 Å². The highest BCUT2D eigenvalue weighted by Gasteiger charge is 2.32. The number of likely N-dealkylation sites (tertiary alicyclic amines) is 1. The van der Waals surface area contributed by atoms with Gasteiger partial charge in [0.1, 0.15) is 0 Å². The number of rotatable bonds is 5. The topological polar surface area (TPSA) is 15.7 Å². The van der Waals surface area contributed by atoms with Gasteiger partial charge in [0.15, 0.2) is 0 Å². The molecule has 1 saturated heterocycles. The first-order chi connectivity index (χ1) is 7.06. The molecule has 90 valence electrons. The zero-order valence-corrected chi connectivity index (χ0v) is 10.9. The molecule has 0 radical (unpaired) electrons. The van der Waals surface area contributed by atoms with E-state index in [1.165, 1.54) is 13.0 Å². The summed E-state index contributed by atoms with van der Waals surface area (Å²) in [5, 5.41) is 0. The van der Waals surface area contributed by atoms with Crippen molar-refractivity contribution in [1.82, 2.24) is 9.80 Å². The van der Waals surface area contributed by atoms with Crippen LogP contribution in [0.15, 0.2) is 0 Å². The van der Waals surface area contributed by atoms with Crippen molar-refractivity contribution in [2.75, 3.05) is 33.9 Å². The maximum atomic E-state index is 5.12.